The standard InChI is InChI=1S/C24H22Cl2N2O5S/c1-3-33-24(30)21-12-9-18(14-22(21)26)27-23(29)15-28(19-6-4-5-17(25)13-19)34(31,32)20-10-7-16(2)8-11-20/h4-14H,3,15H2,1-2H3,(H,27,29). The summed E-state index contributed by atoms with van der Waals surface area (Å²) in [5.74, 6) is -1.20. The van der Waals surface area contributed by atoms with Crippen LogP contribution in [0.4, 0.5) is 11.4 Å². The zero-order valence-corrected chi connectivity index (χ0v) is 20.7. The average molecular weight is 521 g/mol. The second-order valence-electron chi connectivity index (χ2n) is 7.27. The lowest BCUT2D eigenvalue weighted by Crippen LogP contribution is -2.38. The van der Waals surface area contributed by atoms with Crippen LogP contribution in [0.5, 0.6) is 0 Å². The largest absolute Gasteiger partial charge is 0.462 e. The van der Waals surface area contributed by atoms with E-state index in [1.54, 1.807) is 37.3 Å². The molecule has 1 N–H and O–H groups in total. The van der Waals surface area contributed by atoms with Crippen LogP contribution in [-0.2, 0) is 19.6 Å². The number of amides is 1. The second kappa shape index (κ2) is 10.9. The Morgan fingerprint density at radius 1 is 1.00 bits per heavy atom. The highest BCUT2D eigenvalue weighted by Gasteiger charge is 2.27. The number of aryl methyl sites for hydroxylation is 1. The third-order valence-electron chi connectivity index (χ3n) is 4.74. The summed E-state index contributed by atoms with van der Waals surface area (Å²) in [6.07, 6.45) is 0. The molecule has 0 fully saturated rings. The lowest BCUT2D eigenvalue weighted by atomic mass is 10.2. The zero-order valence-electron chi connectivity index (χ0n) is 18.4. The Balaban J connectivity index is 1.88. The molecule has 0 aliphatic carbocycles. The summed E-state index contributed by atoms with van der Waals surface area (Å²) >= 11 is 12.2. The van der Waals surface area contributed by atoms with Crippen molar-refractivity contribution in [3.63, 3.8) is 0 Å². The third kappa shape index (κ3) is 6.08. The number of carbonyl (C=O) groups is 2. The van der Waals surface area contributed by atoms with Gasteiger partial charge < -0.3 is 10.1 Å². The van der Waals surface area contributed by atoms with Gasteiger partial charge in [-0.2, -0.15) is 0 Å². The Morgan fingerprint density at radius 2 is 1.71 bits per heavy atom. The molecule has 0 radical (unpaired) electrons. The summed E-state index contributed by atoms with van der Waals surface area (Å²) in [5, 5.41) is 3.03. The van der Waals surface area contributed by atoms with E-state index in [2.05, 4.69) is 5.32 Å². The minimum absolute atomic E-state index is 0.0349. The van der Waals surface area contributed by atoms with E-state index in [0.717, 1.165) is 9.87 Å². The van der Waals surface area contributed by atoms with E-state index in [1.807, 2.05) is 6.92 Å². The Kier molecular flexibility index (Phi) is 8.19. The number of halogens is 2. The number of esters is 1. The SMILES string of the molecule is CCOC(=O)c1ccc(NC(=O)CN(c2cccc(Cl)c2)S(=O)(=O)c2ccc(C)cc2)cc1Cl. The van der Waals surface area contributed by atoms with Crippen LogP contribution in [0.2, 0.25) is 10.0 Å². The molecule has 0 bridgehead atoms. The Morgan fingerprint density at radius 3 is 2.32 bits per heavy atom. The van der Waals surface area contributed by atoms with E-state index in [-0.39, 0.29) is 27.8 Å². The average Bonchev–Trinajstić information content (AvgIpc) is 2.78. The molecule has 0 aromatic heterocycles. The monoisotopic (exact) mass is 520 g/mol. The van der Waals surface area contributed by atoms with Crippen molar-refractivity contribution in [1.29, 1.82) is 0 Å². The minimum atomic E-state index is -4.08. The summed E-state index contributed by atoms with van der Waals surface area (Å²) in [6, 6.07) is 16.8. The molecular weight excluding hydrogens is 499 g/mol. The maximum absolute atomic E-state index is 13.4. The van der Waals surface area contributed by atoms with Crippen LogP contribution in [0.25, 0.3) is 0 Å². The molecule has 0 saturated heterocycles. The molecule has 0 spiro atoms. The number of hydrogen-bond acceptors (Lipinski definition) is 5. The first kappa shape index (κ1) is 25.6. The van der Waals surface area contributed by atoms with Crippen LogP contribution in [-0.4, -0.2) is 33.4 Å². The van der Waals surface area contributed by atoms with Gasteiger partial charge in [0.05, 0.1) is 27.8 Å². The number of ether oxygens (including phenoxy) is 1. The van der Waals surface area contributed by atoms with Gasteiger partial charge in [0.25, 0.3) is 10.0 Å². The predicted octanol–water partition coefficient (Wildman–Crippen LogP) is 5.31. The number of benzene rings is 3. The number of sulfonamides is 1. The smallest absolute Gasteiger partial charge is 0.339 e. The maximum atomic E-state index is 13.4. The molecule has 178 valence electrons. The van der Waals surface area contributed by atoms with Gasteiger partial charge >= 0.3 is 5.97 Å². The van der Waals surface area contributed by atoms with E-state index in [0.29, 0.717) is 10.7 Å². The fraction of sp³-hybridized carbons (Fsp3) is 0.167. The van der Waals surface area contributed by atoms with E-state index < -0.39 is 28.4 Å². The van der Waals surface area contributed by atoms with Crippen LogP contribution in [0.3, 0.4) is 0 Å². The predicted molar refractivity (Wildman–Crippen MR) is 133 cm³/mol. The van der Waals surface area contributed by atoms with Crippen molar-refractivity contribution in [2.45, 2.75) is 18.7 Å². The van der Waals surface area contributed by atoms with E-state index in [1.165, 1.54) is 36.4 Å². The van der Waals surface area contributed by atoms with Crippen molar-refractivity contribution in [2.24, 2.45) is 0 Å². The fourth-order valence-corrected chi connectivity index (χ4v) is 4.94. The van der Waals surface area contributed by atoms with Gasteiger partial charge in [-0.05, 0) is 62.4 Å². The van der Waals surface area contributed by atoms with E-state index >= 15 is 0 Å². The summed E-state index contributed by atoms with van der Waals surface area (Å²) in [6.45, 7) is 3.20. The summed E-state index contributed by atoms with van der Waals surface area (Å²) in [4.78, 5) is 24.8. The zero-order chi connectivity index (χ0) is 24.9. The topological polar surface area (TPSA) is 92.8 Å². The Hall–Kier alpha value is -3.07. The van der Waals surface area contributed by atoms with Crippen LogP contribution >= 0.6 is 23.2 Å². The third-order valence-corrected chi connectivity index (χ3v) is 7.08. The summed E-state index contributed by atoms with van der Waals surface area (Å²) < 4.78 is 32.7. The fourth-order valence-electron chi connectivity index (χ4n) is 3.08. The molecule has 3 rings (SSSR count). The van der Waals surface area contributed by atoms with Gasteiger partial charge in [-0.25, -0.2) is 13.2 Å². The van der Waals surface area contributed by atoms with Crippen LogP contribution in [0.15, 0.2) is 71.6 Å². The first-order valence-corrected chi connectivity index (χ1v) is 12.4. The molecule has 10 heteroatoms. The molecule has 1 amide bonds. The molecule has 3 aromatic carbocycles. The molecule has 0 heterocycles. The molecule has 3 aromatic rings. The van der Waals surface area contributed by atoms with E-state index in [4.69, 9.17) is 27.9 Å². The van der Waals surface area contributed by atoms with Crippen molar-refractivity contribution in [3.8, 4) is 0 Å². The maximum Gasteiger partial charge on any atom is 0.339 e. The Bertz CT molecular complexity index is 1310. The second-order valence-corrected chi connectivity index (χ2v) is 9.97. The number of nitrogens with zero attached hydrogens (tertiary/aromatic N) is 1. The molecule has 34 heavy (non-hydrogen) atoms. The van der Waals surface area contributed by atoms with Crippen molar-refractivity contribution < 1.29 is 22.7 Å². The van der Waals surface area contributed by atoms with Crippen molar-refractivity contribution >= 4 is 56.5 Å². The summed E-state index contributed by atoms with van der Waals surface area (Å²) in [7, 11) is -4.08. The van der Waals surface area contributed by atoms with Gasteiger partial charge in [-0.1, -0.05) is 47.0 Å². The Labute approximate surface area is 208 Å². The lowest BCUT2D eigenvalue weighted by Gasteiger charge is -2.24. The van der Waals surface area contributed by atoms with Gasteiger partial charge in [0.1, 0.15) is 6.54 Å². The van der Waals surface area contributed by atoms with Crippen molar-refractivity contribution in [3.05, 3.63) is 87.9 Å². The van der Waals surface area contributed by atoms with E-state index in [9.17, 15) is 18.0 Å². The molecule has 7 nitrogen and oxygen atoms in total. The van der Waals surface area contributed by atoms with Gasteiger partial charge in [0.2, 0.25) is 5.91 Å². The number of carbonyl (C=O) groups excluding carboxylic acids is 2. The van der Waals surface area contributed by atoms with Crippen LogP contribution in [0.1, 0.15) is 22.8 Å². The first-order chi connectivity index (χ1) is 16.1. The first-order valence-electron chi connectivity index (χ1n) is 10.2. The molecule has 0 unspecified atom stereocenters. The number of anilines is 2. The lowest BCUT2D eigenvalue weighted by molar-refractivity contribution is -0.114. The van der Waals surface area contributed by atoms with Gasteiger partial charge in [0, 0.05) is 10.7 Å². The highest BCUT2D eigenvalue weighted by Crippen LogP contribution is 2.27. The minimum Gasteiger partial charge on any atom is -0.462 e. The van der Waals surface area contributed by atoms with Gasteiger partial charge in [-0.15, -0.1) is 0 Å². The molecular formula is C24H22Cl2N2O5S. The summed E-state index contributed by atoms with van der Waals surface area (Å²) in [5.41, 5.74) is 1.58. The normalized spacial score (nSPS) is 11.1. The highest BCUT2D eigenvalue weighted by molar-refractivity contribution is 7.92. The molecule has 0 aliphatic rings. The van der Waals surface area contributed by atoms with Crippen molar-refractivity contribution in [1.82, 2.24) is 0 Å². The van der Waals surface area contributed by atoms with Crippen molar-refractivity contribution in [2.75, 3.05) is 22.8 Å². The molecule has 0 atom stereocenters. The molecule has 0 saturated carbocycles. The van der Waals surface area contributed by atoms with Crippen LogP contribution in [0, 0.1) is 6.92 Å². The number of rotatable bonds is 8. The number of hydrogen-bond donors (Lipinski definition) is 1. The number of nitrogens with one attached hydrogen (secondary N) is 1. The van der Waals surface area contributed by atoms with Gasteiger partial charge in [-0.3, -0.25) is 9.10 Å². The van der Waals surface area contributed by atoms with Crippen LogP contribution < -0.4 is 9.62 Å². The van der Waals surface area contributed by atoms with Gasteiger partial charge in [0.15, 0.2) is 0 Å². The quantitative estimate of drug-likeness (QED) is 0.406. The highest BCUT2D eigenvalue weighted by atomic mass is 35.5. The molecule has 0 aliphatic heterocycles.